The van der Waals surface area contributed by atoms with E-state index in [1.54, 1.807) is 0 Å². The average molecular weight is 293 g/mol. The van der Waals surface area contributed by atoms with Crippen molar-refractivity contribution in [3.8, 4) is 11.5 Å². The Hall–Kier alpha value is -2.57. The summed E-state index contributed by atoms with van der Waals surface area (Å²) in [4.78, 5) is 36.7. The zero-order valence-electron chi connectivity index (χ0n) is 12.0. The maximum Gasteiger partial charge on any atom is 0.340 e. The van der Waals surface area contributed by atoms with E-state index in [1.165, 1.54) is 33.5 Å². The van der Waals surface area contributed by atoms with Gasteiger partial charge in [0.2, 0.25) is 11.8 Å². The molecule has 21 heavy (non-hydrogen) atoms. The smallest absolute Gasteiger partial charge is 0.340 e. The highest BCUT2D eigenvalue weighted by Gasteiger charge is 2.34. The zero-order chi connectivity index (χ0) is 15.6. The van der Waals surface area contributed by atoms with E-state index in [-0.39, 0.29) is 35.9 Å². The lowest BCUT2D eigenvalue weighted by Crippen LogP contribution is -2.30. The Morgan fingerprint density at radius 3 is 2.00 bits per heavy atom. The van der Waals surface area contributed by atoms with E-state index >= 15 is 0 Å². The number of imide groups is 1. The van der Waals surface area contributed by atoms with Gasteiger partial charge < -0.3 is 14.2 Å². The zero-order valence-corrected chi connectivity index (χ0v) is 12.0. The summed E-state index contributed by atoms with van der Waals surface area (Å²) >= 11 is 0. The van der Waals surface area contributed by atoms with Crippen molar-refractivity contribution in [1.29, 1.82) is 0 Å². The molecule has 0 N–H and O–H groups in total. The van der Waals surface area contributed by atoms with Crippen LogP contribution in [0.1, 0.15) is 23.2 Å². The second-order valence-electron chi connectivity index (χ2n) is 4.34. The molecule has 0 unspecified atom stereocenters. The number of nitrogens with zero attached hydrogens (tertiary/aromatic N) is 1. The van der Waals surface area contributed by atoms with Crippen LogP contribution in [0.2, 0.25) is 0 Å². The van der Waals surface area contributed by atoms with Crippen molar-refractivity contribution in [3.05, 3.63) is 17.7 Å². The number of methoxy groups -OCH3 is 3. The number of hydrogen-bond acceptors (Lipinski definition) is 6. The molecule has 112 valence electrons. The second kappa shape index (κ2) is 5.82. The molecule has 0 radical (unpaired) electrons. The van der Waals surface area contributed by atoms with Gasteiger partial charge in [-0.2, -0.15) is 0 Å². The molecule has 0 bridgehead atoms. The predicted octanol–water partition coefficient (Wildman–Crippen LogP) is 1.14. The lowest BCUT2D eigenvalue weighted by Gasteiger charge is -2.19. The van der Waals surface area contributed by atoms with Crippen molar-refractivity contribution in [2.24, 2.45) is 0 Å². The third kappa shape index (κ3) is 2.54. The van der Waals surface area contributed by atoms with Crippen molar-refractivity contribution in [2.75, 3.05) is 26.2 Å². The van der Waals surface area contributed by atoms with Crippen LogP contribution in [0, 0.1) is 0 Å². The number of rotatable bonds is 4. The van der Waals surface area contributed by atoms with E-state index in [0.29, 0.717) is 11.5 Å². The minimum absolute atomic E-state index is 0.0683. The van der Waals surface area contributed by atoms with Gasteiger partial charge in [0.25, 0.3) is 0 Å². The summed E-state index contributed by atoms with van der Waals surface area (Å²) in [6.07, 6.45) is 0.238. The van der Waals surface area contributed by atoms with Crippen LogP contribution in [-0.2, 0) is 14.3 Å². The minimum atomic E-state index is -0.668. The Balaban J connectivity index is 2.64. The maximum atomic E-state index is 11.9. The van der Waals surface area contributed by atoms with Crippen molar-refractivity contribution >= 4 is 23.5 Å². The van der Waals surface area contributed by atoms with E-state index in [2.05, 4.69) is 0 Å². The highest BCUT2D eigenvalue weighted by atomic mass is 16.5. The predicted molar refractivity (Wildman–Crippen MR) is 72.6 cm³/mol. The first-order valence-corrected chi connectivity index (χ1v) is 6.23. The van der Waals surface area contributed by atoms with Gasteiger partial charge in [-0.1, -0.05) is 0 Å². The number of benzene rings is 1. The average Bonchev–Trinajstić information content (AvgIpc) is 2.84. The molecule has 1 aromatic rings. The Kier molecular flexibility index (Phi) is 4.11. The fourth-order valence-corrected chi connectivity index (χ4v) is 2.17. The third-order valence-corrected chi connectivity index (χ3v) is 3.20. The van der Waals surface area contributed by atoms with Crippen LogP contribution in [-0.4, -0.2) is 39.1 Å². The highest BCUT2D eigenvalue weighted by molar-refractivity contribution is 6.22. The number of ether oxygens (including phenoxy) is 3. The fourth-order valence-electron chi connectivity index (χ4n) is 2.17. The lowest BCUT2D eigenvalue weighted by molar-refractivity contribution is -0.121. The van der Waals surface area contributed by atoms with Crippen molar-refractivity contribution in [2.45, 2.75) is 12.8 Å². The van der Waals surface area contributed by atoms with E-state index in [9.17, 15) is 14.4 Å². The van der Waals surface area contributed by atoms with Gasteiger partial charge in [-0.3, -0.25) is 9.59 Å². The van der Waals surface area contributed by atoms with Crippen molar-refractivity contribution in [1.82, 2.24) is 0 Å². The van der Waals surface area contributed by atoms with Gasteiger partial charge >= 0.3 is 5.97 Å². The van der Waals surface area contributed by atoms with Crippen molar-refractivity contribution in [3.63, 3.8) is 0 Å². The quantitative estimate of drug-likeness (QED) is 0.611. The van der Waals surface area contributed by atoms with Gasteiger partial charge in [-0.15, -0.1) is 0 Å². The molecule has 1 fully saturated rings. The van der Waals surface area contributed by atoms with Crippen LogP contribution in [0.15, 0.2) is 12.1 Å². The van der Waals surface area contributed by atoms with Gasteiger partial charge in [0.05, 0.1) is 32.6 Å². The van der Waals surface area contributed by atoms with Crippen LogP contribution in [0.4, 0.5) is 5.69 Å². The number of carbonyl (C=O) groups is 3. The molecule has 1 aliphatic heterocycles. The van der Waals surface area contributed by atoms with E-state index in [1.807, 2.05) is 0 Å². The van der Waals surface area contributed by atoms with Gasteiger partial charge in [0.1, 0.15) is 0 Å². The topological polar surface area (TPSA) is 82.1 Å². The summed E-state index contributed by atoms with van der Waals surface area (Å²) in [5.41, 5.74) is 0.214. The molecule has 0 atom stereocenters. The first-order valence-electron chi connectivity index (χ1n) is 6.23. The molecule has 0 saturated carbocycles. The third-order valence-electron chi connectivity index (χ3n) is 3.20. The molecule has 0 aliphatic carbocycles. The summed E-state index contributed by atoms with van der Waals surface area (Å²) in [7, 11) is 4.06. The molecule has 7 nitrogen and oxygen atoms in total. The minimum Gasteiger partial charge on any atom is -0.493 e. The summed E-state index contributed by atoms with van der Waals surface area (Å²) in [6.45, 7) is 0. The van der Waals surface area contributed by atoms with Gasteiger partial charge in [0, 0.05) is 25.0 Å². The summed E-state index contributed by atoms with van der Waals surface area (Å²) < 4.78 is 15.0. The fraction of sp³-hybridized carbons (Fsp3) is 0.357. The van der Waals surface area contributed by atoms with E-state index in [4.69, 9.17) is 14.2 Å². The maximum absolute atomic E-state index is 11.9. The summed E-state index contributed by atoms with van der Waals surface area (Å²) in [5.74, 6) is -0.776. The SMILES string of the molecule is COC(=O)c1cc(OC)c(OC)cc1N1C(=O)CCC1=O. The van der Waals surface area contributed by atoms with Gasteiger partial charge in [-0.05, 0) is 0 Å². The number of amides is 2. The molecule has 1 aromatic carbocycles. The molecule has 2 rings (SSSR count). The second-order valence-corrected chi connectivity index (χ2v) is 4.34. The molecule has 0 spiro atoms. The number of hydrogen-bond donors (Lipinski definition) is 0. The molecular weight excluding hydrogens is 278 g/mol. The number of anilines is 1. The standard InChI is InChI=1S/C14H15NO6/c1-19-10-6-8(14(18)21-3)9(7-11(10)20-2)15-12(16)4-5-13(15)17/h6-7H,4-5H2,1-3H3. The Morgan fingerprint density at radius 2 is 1.52 bits per heavy atom. The largest absolute Gasteiger partial charge is 0.493 e. The monoisotopic (exact) mass is 293 g/mol. The van der Waals surface area contributed by atoms with Crippen LogP contribution in [0.25, 0.3) is 0 Å². The molecule has 7 heteroatoms. The number of carbonyl (C=O) groups excluding carboxylic acids is 3. The molecule has 2 amide bonds. The van der Waals surface area contributed by atoms with Crippen LogP contribution in [0.5, 0.6) is 11.5 Å². The van der Waals surface area contributed by atoms with Gasteiger partial charge in [-0.25, -0.2) is 9.69 Å². The normalized spacial score (nSPS) is 14.3. The van der Waals surface area contributed by atoms with Gasteiger partial charge in [0.15, 0.2) is 11.5 Å². The molecule has 1 aliphatic rings. The summed E-state index contributed by atoms with van der Waals surface area (Å²) in [5, 5.41) is 0. The van der Waals surface area contributed by atoms with E-state index < -0.39 is 5.97 Å². The first kappa shape index (κ1) is 14.8. The van der Waals surface area contributed by atoms with Crippen LogP contribution >= 0.6 is 0 Å². The first-order chi connectivity index (χ1) is 10.0. The van der Waals surface area contributed by atoms with E-state index in [0.717, 1.165) is 4.90 Å². The van der Waals surface area contributed by atoms with Crippen molar-refractivity contribution < 1.29 is 28.6 Å². The Bertz CT molecular complexity index is 594. The lowest BCUT2D eigenvalue weighted by atomic mass is 10.1. The molecule has 1 heterocycles. The molecular formula is C14H15NO6. The number of esters is 1. The highest BCUT2D eigenvalue weighted by Crippen LogP contribution is 2.37. The van der Waals surface area contributed by atoms with Crippen LogP contribution in [0.3, 0.4) is 0 Å². The van der Waals surface area contributed by atoms with Crippen LogP contribution < -0.4 is 14.4 Å². The Labute approximate surface area is 121 Å². The summed E-state index contributed by atoms with van der Waals surface area (Å²) in [6, 6.07) is 2.81. The molecule has 0 aromatic heterocycles. The Morgan fingerprint density at radius 1 is 1.00 bits per heavy atom. The molecule has 1 saturated heterocycles.